The Morgan fingerprint density at radius 1 is 1.43 bits per heavy atom. The lowest BCUT2D eigenvalue weighted by Gasteiger charge is -2.16. The molecule has 0 bridgehead atoms. The Hall–Kier alpha value is -2.21. The van der Waals surface area contributed by atoms with Gasteiger partial charge in [-0.1, -0.05) is 29.8 Å². The second kappa shape index (κ2) is 6.99. The molecule has 2 aromatic rings. The number of aliphatic carboxylic acids is 1. The monoisotopic (exact) mass is 289 g/mol. The van der Waals surface area contributed by atoms with Gasteiger partial charge in [-0.15, -0.1) is 0 Å². The van der Waals surface area contributed by atoms with E-state index < -0.39 is 5.97 Å². The highest BCUT2D eigenvalue weighted by atomic mass is 16.5. The molecule has 0 saturated carbocycles. The van der Waals surface area contributed by atoms with Crippen molar-refractivity contribution in [3.63, 3.8) is 0 Å². The van der Waals surface area contributed by atoms with E-state index in [1.807, 2.05) is 43.0 Å². The number of carbonyl (C=O) groups is 1. The Kier molecular flexibility index (Phi) is 5.05. The average Bonchev–Trinajstić information content (AvgIpc) is 2.92. The van der Waals surface area contributed by atoms with E-state index in [4.69, 9.17) is 9.63 Å². The summed E-state index contributed by atoms with van der Waals surface area (Å²) in [6.45, 7) is 5.68. The largest absolute Gasteiger partial charge is 0.481 e. The van der Waals surface area contributed by atoms with Gasteiger partial charge in [0.05, 0.1) is 13.0 Å². The summed E-state index contributed by atoms with van der Waals surface area (Å²) in [7, 11) is 0. The molecule has 0 unspecified atom stereocenters. The van der Waals surface area contributed by atoms with Crippen molar-refractivity contribution in [1.82, 2.24) is 15.0 Å². The maximum absolute atomic E-state index is 10.6. The molecule has 21 heavy (non-hydrogen) atoms. The average molecular weight is 289 g/mol. The van der Waals surface area contributed by atoms with E-state index >= 15 is 0 Å². The van der Waals surface area contributed by atoms with Crippen LogP contribution in [-0.4, -0.2) is 39.2 Å². The Morgan fingerprint density at radius 3 is 2.90 bits per heavy atom. The van der Waals surface area contributed by atoms with Crippen LogP contribution in [0.15, 0.2) is 28.8 Å². The van der Waals surface area contributed by atoms with Crippen LogP contribution in [-0.2, 0) is 11.3 Å². The number of benzene rings is 1. The smallest absolute Gasteiger partial charge is 0.304 e. The van der Waals surface area contributed by atoms with Crippen LogP contribution >= 0.6 is 0 Å². The summed E-state index contributed by atoms with van der Waals surface area (Å²) in [6.07, 6.45) is 0.108. The SMILES string of the molecule is CCN(CCC(=O)O)Cc1noc(-c2cccc(C)c2)n1. The highest BCUT2D eigenvalue weighted by molar-refractivity contribution is 5.66. The molecule has 0 fully saturated rings. The molecule has 2 rings (SSSR count). The number of nitrogens with zero attached hydrogens (tertiary/aromatic N) is 3. The second-order valence-corrected chi connectivity index (χ2v) is 4.90. The van der Waals surface area contributed by atoms with Crippen LogP contribution in [0, 0.1) is 6.92 Å². The zero-order valence-corrected chi connectivity index (χ0v) is 12.2. The highest BCUT2D eigenvalue weighted by Gasteiger charge is 2.13. The Morgan fingerprint density at radius 2 is 2.24 bits per heavy atom. The molecule has 112 valence electrons. The van der Waals surface area contributed by atoms with Crippen molar-refractivity contribution in [2.75, 3.05) is 13.1 Å². The maximum atomic E-state index is 10.6. The summed E-state index contributed by atoms with van der Waals surface area (Å²) in [5.41, 5.74) is 2.02. The molecule has 0 spiro atoms. The fraction of sp³-hybridized carbons (Fsp3) is 0.400. The van der Waals surface area contributed by atoms with Gasteiger partial charge in [-0.3, -0.25) is 9.69 Å². The van der Waals surface area contributed by atoms with Gasteiger partial charge in [0.15, 0.2) is 5.82 Å². The Bertz CT molecular complexity index is 610. The molecule has 0 atom stereocenters. The first kappa shape index (κ1) is 15.2. The van der Waals surface area contributed by atoms with Crippen LogP contribution in [0.3, 0.4) is 0 Å². The van der Waals surface area contributed by atoms with Crippen LogP contribution in [0.2, 0.25) is 0 Å². The minimum absolute atomic E-state index is 0.108. The van der Waals surface area contributed by atoms with Crippen LogP contribution in [0.4, 0.5) is 0 Å². The minimum atomic E-state index is -0.804. The quantitative estimate of drug-likeness (QED) is 0.842. The molecule has 0 aliphatic rings. The van der Waals surface area contributed by atoms with Crippen LogP contribution in [0.5, 0.6) is 0 Å². The molecule has 0 aliphatic carbocycles. The normalized spacial score (nSPS) is 11.0. The first-order chi connectivity index (χ1) is 10.1. The minimum Gasteiger partial charge on any atom is -0.481 e. The molecule has 6 nitrogen and oxygen atoms in total. The van der Waals surface area contributed by atoms with E-state index in [0.717, 1.165) is 17.7 Å². The van der Waals surface area contributed by atoms with Crippen molar-refractivity contribution in [3.05, 3.63) is 35.7 Å². The zero-order valence-electron chi connectivity index (χ0n) is 12.2. The third-order valence-corrected chi connectivity index (χ3v) is 3.19. The van der Waals surface area contributed by atoms with E-state index in [1.165, 1.54) is 0 Å². The van der Waals surface area contributed by atoms with E-state index in [2.05, 4.69) is 10.1 Å². The summed E-state index contributed by atoms with van der Waals surface area (Å²) in [4.78, 5) is 17.0. The predicted octanol–water partition coefficient (Wildman–Crippen LogP) is 2.34. The van der Waals surface area contributed by atoms with Gasteiger partial charge in [0.1, 0.15) is 0 Å². The first-order valence-corrected chi connectivity index (χ1v) is 6.92. The van der Waals surface area contributed by atoms with E-state index in [-0.39, 0.29) is 6.42 Å². The van der Waals surface area contributed by atoms with Crippen molar-refractivity contribution in [1.29, 1.82) is 0 Å². The molecule has 0 aliphatic heterocycles. The highest BCUT2D eigenvalue weighted by Crippen LogP contribution is 2.18. The van der Waals surface area contributed by atoms with Gasteiger partial charge >= 0.3 is 5.97 Å². The number of carboxylic acid groups (broad SMARTS) is 1. The number of aryl methyl sites for hydroxylation is 1. The van der Waals surface area contributed by atoms with E-state index in [0.29, 0.717) is 24.8 Å². The number of aromatic nitrogens is 2. The molecule has 0 saturated heterocycles. The van der Waals surface area contributed by atoms with Gasteiger partial charge < -0.3 is 9.63 Å². The third-order valence-electron chi connectivity index (χ3n) is 3.19. The first-order valence-electron chi connectivity index (χ1n) is 6.92. The van der Waals surface area contributed by atoms with Crippen molar-refractivity contribution >= 4 is 5.97 Å². The van der Waals surface area contributed by atoms with E-state index in [1.54, 1.807) is 0 Å². The molecule has 0 radical (unpaired) electrons. The summed E-state index contributed by atoms with van der Waals surface area (Å²) < 4.78 is 5.27. The summed E-state index contributed by atoms with van der Waals surface area (Å²) in [5, 5.41) is 12.7. The molecular weight excluding hydrogens is 270 g/mol. The van der Waals surface area contributed by atoms with Gasteiger partial charge in [-0.25, -0.2) is 0 Å². The summed E-state index contributed by atoms with van der Waals surface area (Å²) >= 11 is 0. The fourth-order valence-corrected chi connectivity index (χ4v) is 2.02. The fourth-order valence-electron chi connectivity index (χ4n) is 2.02. The Balaban J connectivity index is 2.03. The maximum Gasteiger partial charge on any atom is 0.304 e. The molecule has 0 amide bonds. The standard InChI is InChI=1S/C15H19N3O3/c1-3-18(8-7-14(19)20)10-13-16-15(21-17-13)12-6-4-5-11(2)9-12/h4-6,9H,3,7-8,10H2,1-2H3,(H,19,20). The molecule has 6 heteroatoms. The number of hydrogen-bond donors (Lipinski definition) is 1. The van der Waals surface area contributed by atoms with Gasteiger partial charge in [0, 0.05) is 12.1 Å². The van der Waals surface area contributed by atoms with Crippen molar-refractivity contribution < 1.29 is 14.4 Å². The second-order valence-electron chi connectivity index (χ2n) is 4.90. The van der Waals surface area contributed by atoms with Gasteiger partial charge in [-0.05, 0) is 25.6 Å². The zero-order chi connectivity index (χ0) is 15.2. The van der Waals surface area contributed by atoms with Crippen molar-refractivity contribution in [3.8, 4) is 11.5 Å². The van der Waals surface area contributed by atoms with Crippen molar-refractivity contribution in [2.24, 2.45) is 0 Å². The molecule has 1 N–H and O–H groups in total. The number of carboxylic acids is 1. The van der Waals surface area contributed by atoms with Gasteiger partial charge in [0.2, 0.25) is 0 Å². The van der Waals surface area contributed by atoms with Gasteiger partial charge in [-0.2, -0.15) is 4.98 Å². The lowest BCUT2D eigenvalue weighted by molar-refractivity contribution is -0.137. The van der Waals surface area contributed by atoms with E-state index in [9.17, 15) is 4.79 Å². The molecular formula is C15H19N3O3. The topological polar surface area (TPSA) is 79.5 Å². The van der Waals surface area contributed by atoms with Crippen molar-refractivity contribution in [2.45, 2.75) is 26.8 Å². The number of rotatable bonds is 7. The summed E-state index contributed by atoms with van der Waals surface area (Å²) in [6, 6.07) is 7.86. The van der Waals surface area contributed by atoms with Crippen LogP contribution in [0.1, 0.15) is 24.7 Å². The third kappa shape index (κ3) is 4.39. The lowest BCUT2D eigenvalue weighted by atomic mass is 10.1. The predicted molar refractivity (Wildman–Crippen MR) is 77.7 cm³/mol. The molecule has 1 aromatic heterocycles. The number of hydrogen-bond acceptors (Lipinski definition) is 5. The molecule has 1 heterocycles. The Labute approximate surface area is 123 Å². The summed E-state index contributed by atoms with van der Waals surface area (Å²) in [5.74, 6) is 0.253. The molecule has 1 aromatic carbocycles. The van der Waals surface area contributed by atoms with Crippen LogP contribution < -0.4 is 0 Å². The lowest BCUT2D eigenvalue weighted by Crippen LogP contribution is -2.26. The van der Waals surface area contributed by atoms with Gasteiger partial charge in [0.25, 0.3) is 5.89 Å². The van der Waals surface area contributed by atoms with Crippen LogP contribution in [0.25, 0.3) is 11.5 Å².